The van der Waals surface area contributed by atoms with E-state index in [2.05, 4.69) is 36.1 Å². The fourth-order valence-electron chi connectivity index (χ4n) is 2.25. The molecule has 0 spiro atoms. The summed E-state index contributed by atoms with van der Waals surface area (Å²) in [4.78, 5) is 5.54. The van der Waals surface area contributed by atoms with E-state index in [0.717, 1.165) is 4.64 Å². The van der Waals surface area contributed by atoms with E-state index in [1.165, 1.54) is 30.5 Å². The van der Waals surface area contributed by atoms with Crippen LogP contribution in [-0.4, -0.2) is 23.5 Å². The van der Waals surface area contributed by atoms with Crippen molar-refractivity contribution in [3.63, 3.8) is 0 Å². The predicted octanol–water partition coefficient (Wildman–Crippen LogP) is 2.82. The van der Waals surface area contributed by atoms with E-state index in [9.17, 15) is 0 Å². The molecular formula is C11H16N2S. The lowest BCUT2D eigenvalue weighted by molar-refractivity contribution is 0.316. The molecule has 0 saturated carbocycles. The summed E-state index contributed by atoms with van der Waals surface area (Å²) in [6.45, 7) is 3.35. The Morgan fingerprint density at radius 3 is 2.93 bits per heavy atom. The van der Waals surface area contributed by atoms with Crippen LogP contribution < -0.4 is 0 Å². The van der Waals surface area contributed by atoms with Gasteiger partial charge in [0.1, 0.15) is 4.64 Å². The molecule has 3 heteroatoms. The molecule has 1 aliphatic heterocycles. The number of aromatic nitrogens is 1. The molecule has 1 aliphatic rings. The molecule has 14 heavy (non-hydrogen) atoms. The Hall–Kier alpha value is -0.670. The van der Waals surface area contributed by atoms with Gasteiger partial charge >= 0.3 is 0 Å². The quantitative estimate of drug-likeness (QED) is 0.716. The molecule has 2 heterocycles. The second-order valence-electron chi connectivity index (χ2n) is 4.07. The van der Waals surface area contributed by atoms with Gasteiger partial charge in [-0.25, -0.2) is 0 Å². The van der Waals surface area contributed by atoms with Crippen molar-refractivity contribution < 1.29 is 0 Å². The number of H-pyrrole nitrogens is 1. The molecule has 76 valence electrons. The fourth-order valence-corrected chi connectivity index (χ4v) is 2.48. The Labute approximate surface area is 90.0 Å². The van der Waals surface area contributed by atoms with Crippen molar-refractivity contribution in [2.75, 3.05) is 13.6 Å². The van der Waals surface area contributed by atoms with Crippen molar-refractivity contribution in [1.29, 1.82) is 0 Å². The Kier molecular flexibility index (Phi) is 2.70. The van der Waals surface area contributed by atoms with E-state index >= 15 is 0 Å². The van der Waals surface area contributed by atoms with Crippen LogP contribution in [0.2, 0.25) is 0 Å². The molecule has 0 unspecified atom stereocenters. The number of nitrogens with one attached hydrogen (secondary N) is 1. The molecular weight excluding hydrogens is 192 g/mol. The van der Waals surface area contributed by atoms with Crippen LogP contribution in [0.1, 0.15) is 30.0 Å². The minimum Gasteiger partial charge on any atom is -0.353 e. The van der Waals surface area contributed by atoms with Crippen molar-refractivity contribution in [2.24, 2.45) is 0 Å². The molecule has 0 amide bonds. The molecule has 1 atom stereocenters. The van der Waals surface area contributed by atoms with Gasteiger partial charge in [-0.1, -0.05) is 12.2 Å². The highest BCUT2D eigenvalue weighted by molar-refractivity contribution is 7.71. The van der Waals surface area contributed by atoms with Crippen LogP contribution >= 0.6 is 12.2 Å². The van der Waals surface area contributed by atoms with Crippen molar-refractivity contribution in [3.05, 3.63) is 28.0 Å². The third-order valence-electron chi connectivity index (χ3n) is 3.05. The third-order valence-corrected chi connectivity index (χ3v) is 3.29. The van der Waals surface area contributed by atoms with Gasteiger partial charge in [0.25, 0.3) is 0 Å². The number of likely N-dealkylation sites (tertiary alicyclic amines) is 1. The Bertz CT molecular complexity index is 383. The van der Waals surface area contributed by atoms with Crippen LogP contribution in [-0.2, 0) is 0 Å². The zero-order valence-electron chi connectivity index (χ0n) is 8.71. The van der Waals surface area contributed by atoms with Gasteiger partial charge in [0, 0.05) is 12.2 Å². The maximum Gasteiger partial charge on any atom is 0.103 e. The summed E-state index contributed by atoms with van der Waals surface area (Å²) in [5.41, 5.74) is 2.71. The smallest absolute Gasteiger partial charge is 0.103 e. The number of aryl methyl sites for hydroxylation is 1. The lowest BCUT2D eigenvalue weighted by Crippen LogP contribution is -2.18. The molecule has 0 aromatic carbocycles. The molecule has 1 aromatic heterocycles. The van der Waals surface area contributed by atoms with Gasteiger partial charge in [0.15, 0.2) is 0 Å². The van der Waals surface area contributed by atoms with E-state index in [4.69, 9.17) is 12.2 Å². The van der Waals surface area contributed by atoms with Gasteiger partial charge in [-0.05, 0) is 50.6 Å². The summed E-state index contributed by atoms with van der Waals surface area (Å²) in [6.07, 6.45) is 4.64. The molecule has 2 nitrogen and oxygen atoms in total. The summed E-state index contributed by atoms with van der Waals surface area (Å²) >= 11 is 5.09. The van der Waals surface area contributed by atoms with Crippen molar-refractivity contribution in [2.45, 2.75) is 25.8 Å². The van der Waals surface area contributed by atoms with E-state index in [-0.39, 0.29) is 0 Å². The average Bonchev–Trinajstić information content (AvgIpc) is 2.52. The second-order valence-corrected chi connectivity index (χ2v) is 4.51. The molecule has 0 aliphatic carbocycles. The van der Waals surface area contributed by atoms with E-state index < -0.39 is 0 Å². The molecule has 2 rings (SSSR count). The van der Waals surface area contributed by atoms with Crippen LogP contribution in [0.25, 0.3) is 0 Å². The maximum atomic E-state index is 5.09. The largest absolute Gasteiger partial charge is 0.353 e. The highest BCUT2D eigenvalue weighted by Crippen LogP contribution is 2.31. The van der Waals surface area contributed by atoms with Crippen molar-refractivity contribution in [3.8, 4) is 0 Å². The first kappa shape index (κ1) is 9.87. The number of nitrogens with zero attached hydrogens (tertiary/aromatic N) is 1. The number of hydrogen-bond donors (Lipinski definition) is 1. The van der Waals surface area contributed by atoms with E-state index in [1.807, 2.05) is 0 Å². The first-order valence-electron chi connectivity index (χ1n) is 5.08. The van der Waals surface area contributed by atoms with Crippen LogP contribution in [0.4, 0.5) is 0 Å². The standard InChI is InChI=1S/C11H16N2S/c1-8-6-11(14)12-7-9(8)10-4-3-5-13(10)2/h6-7,10H,3-5H2,1-2H3,(H,12,14)/t10-/m1/s1. The minimum atomic E-state index is 0.585. The third kappa shape index (κ3) is 1.74. The summed E-state index contributed by atoms with van der Waals surface area (Å²) in [6, 6.07) is 2.64. The molecule has 1 fully saturated rings. The van der Waals surface area contributed by atoms with Gasteiger partial charge in [0.05, 0.1) is 0 Å². The first-order valence-corrected chi connectivity index (χ1v) is 5.49. The highest BCUT2D eigenvalue weighted by Gasteiger charge is 2.23. The zero-order chi connectivity index (χ0) is 10.1. The fraction of sp³-hybridized carbons (Fsp3) is 0.545. The highest BCUT2D eigenvalue weighted by atomic mass is 32.1. The molecule has 1 N–H and O–H groups in total. The van der Waals surface area contributed by atoms with Crippen LogP contribution in [0, 0.1) is 11.6 Å². The van der Waals surface area contributed by atoms with Gasteiger partial charge in [-0.2, -0.15) is 0 Å². The van der Waals surface area contributed by atoms with Gasteiger partial charge < -0.3 is 4.98 Å². The average molecular weight is 208 g/mol. The Balaban J connectivity index is 2.36. The predicted molar refractivity (Wildman–Crippen MR) is 61.0 cm³/mol. The Morgan fingerprint density at radius 1 is 1.57 bits per heavy atom. The zero-order valence-corrected chi connectivity index (χ0v) is 9.53. The molecule has 0 bridgehead atoms. The normalized spacial score (nSPS) is 22.9. The van der Waals surface area contributed by atoms with Gasteiger partial charge in [-0.3, -0.25) is 4.90 Å². The molecule has 1 aromatic rings. The molecule has 0 radical (unpaired) electrons. The SMILES string of the molecule is Cc1cc(=S)[nH]cc1[C@H]1CCCN1C. The second kappa shape index (κ2) is 3.83. The summed E-state index contributed by atoms with van der Waals surface area (Å²) < 4.78 is 0.826. The van der Waals surface area contributed by atoms with Gasteiger partial charge in [-0.15, -0.1) is 0 Å². The first-order chi connectivity index (χ1) is 6.68. The summed E-state index contributed by atoms with van der Waals surface area (Å²) in [7, 11) is 2.19. The van der Waals surface area contributed by atoms with Crippen LogP contribution in [0.15, 0.2) is 12.3 Å². The van der Waals surface area contributed by atoms with Crippen molar-refractivity contribution >= 4 is 12.2 Å². The topological polar surface area (TPSA) is 19.0 Å². The Morgan fingerprint density at radius 2 is 2.36 bits per heavy atom. The monoisotopic (exact) mass is 208 g/mol. The lowest BCUT2D eigenvalue weighted by Gasteiger charge is -2.21. The number of aromatic amines is 1. The summed E-state index contributed by atoms with van der Waals surface area (Å²) in [5.74, 6) is 0. The van der Waals surface area contributed by atoms with E-state index in [1.54, 1.807) is 0 Å². The lowest BCUT2D eigenvalue weighted by atomic mass is 10.0. The van der Waals surface area contributed by atoms with Gasteiger partial charge in [0.2, 0.25) is 0 Å². The van der Waals surface area contributed by atoms with Crippen LogP contribution in [0.5, 0.6) is 0 Å². The summed E-state index contributed by atoms with van der Waals surface area (Å²) in [5, 5.41) is 0. The van der Waals surface area contributed by atoms with Crippen molar-refractivity contribution in [1.82, 2.24) is 9.88 Å². The number of rotatable bonds is 1. The number of hydrogen-bond acceptors (Lipinski definition) is 2. The molecule has 1 saturated heterocycles. The minimum absolute atomic E-state index is 0.585. The van der Waals surface area contributed by atoms with Crippen LogP contribution in [0.3, 0.4) is 0 Å². The maximum absolute atomic E-state index is 5.09. The number of pyridine rings is 1. The van der Waals surface area contributed by atoms with E-state index in [0.29, 0.717) is 6.04 Å².